The fraction of sp³-hybridized carbons (Fsp3) is 0. The Morgan fingerprint density at radius 3 is 2.77 bits per heavy atom. The Morgan fingerprint density at radius 2 is 2.08 bits per heavy atom. The van der Waals surface area contributed by atoms with Crippen molar-refractivity contribution in [3.63, 3.8) is 0 Å². The van der Waals surface area contributed by atoms with E-state index in [0.717, 1.165) is 19.5 Å². The zero-order valence-corrected chi connectivity index (χ0v) is 10.5. The molecular formula is C9H5Br2NS. The molecule has 0 aliphatic carbocycles. The van der Waals surface area contributed by atoms with E-state index in [1.807, 2.05) is 29.8 Å². The van der Waals surface area contributed by atoms with Crippen LogP contribution in [0, 0.1) is 0 Å². The molecule has 1 nitrogen and oxygen atoms in total. The molecule has 1 aromatic carbocycles. The third-order valence-corrected chi connectivity index (χ3v) is 4.47. The molecule has 0 unspecified atom stereocenters. The van der Waals surface area contributed by atoms with Crippen LogP contribution in [0.5, 0.6) is 0 Å². The summed E-state index contributed by atoms with van der Waals surface area (Å²) in [6.45, 7) is 0. The Labute approximate surface area is 97.1 Å². The summed E-state index contributed by atoms with van der Waals surface area (Å²) >= 11 is 8.62. The van der Waals surface area contributed by atoms with Crippen molar-refractivity contribution in [1.82, 2.24) is 4.98 Å². The SMILES string of the molecule is Brc1cccc(-c2nccs2)c1Br. The second-order valence-electron chi connectivity index (χ2n) is 2.44. The minimum absolute atomic E-state index is 1.04. The number of nitrogens with zero attached hydrogens (tertiary/aromatic N) is 1. The highest BCUT2D eigenvalue weighted by Crippen LogP contribution is 2.34. The van der Waals surface area contributed by atoms with Crippen molar-refractivity contribution in [1.29, 1.82) is 0 Å². The first-order valence-corrected chi connectivity index (χ1v) is 6.09. The Bertz CT molecular complexity index is 412. The molecule has 1 heterocycles. The summed E-state index contributed by atoms with van der Waals surface area (Å²) < 4.78 is 2.12. The Kier molecular flexibility index (Phi) is 2.81. The highest BCUT2D eigenvalue weighted by molar-refractivity contribution is 9.13. The molecule has 66 valence electrons. The Hall–Kier alpha value is -0.190. The maximum Gasteiger partial charge on any atom is 0.124 e. The average molecular weight is 319 g/mol. The van der Waals surface area contributed by atoms with Gasteiger partial charge in [0.1, 0.15) is 5.01 Å². The maximum atomic E-state index is 4.26. The molecule has 2 rings (SSSR count). The van der Waals surface area contributed by atoms with E-state index < -0.39 is 0 Å². The van der Waals surface area contributed by atoms with E-state index in [9.17, 15) is 0 Å². The molecular weight excluding hydrogens is 314 g/mol. The lowest BCUT2D eigenvalue weighted by Gasteiger charge is -2.01. The summed E-state index contributed by atoms with van der Waals surface area (Å²) in [7, 11) is 0. The van der Waals surface area contributed by atoms with E-state index in [-0.39, 0.29) is 0 Å². The number of halogens is 2. The molecule has 0 aliphatic heterocycles. The fourth-order valence-electron chi connectivity index (χ4n) is 1.03. The van der Waals surface area contributed by atoms with Crippen LogP contribution in [-0.4, -0.2) is 4.98 Å². The highest BCUT2D eigenvalue weighted by Gasteiger charge is 2.06. The number of hydrogen-bond acceptors (Lipinski definition) is 2. The summed E-state index contributed by atoms with van der Waals surface area (Å²) in [6.07, 6.45) is 1.81. The van der Waals surface area contributed by atoms with Gasteiger partial charge in [-0.25, -0.2) is 4.98 Å². The van der Waals surface area contributed by atoms with Gasteiger partial charge in [-0.15, -0.1) is 11.3 Å². The molecule has 13 heavy (non-hydrogen) atoms. The first kappa shape index (κ1) is 9.37. The summed E-state index contributed by atoms with van der Waals surface area (Å²) in [5, 5.41) is 3.01. The van der Waals surface area contributed by atoms with Crippen molar-refractivity contribution in [2.45, 2.75) is 0 Å². The van der Waals surface area contributed by atoms with Crippen molar-refractivity contribution >= 4 is 43.2 Å². The molecule has 0 fully saturated rings. The molecule has 0 amide bonds. The maximum absolute atomic E-state index is 4.26. The van der Waals surface area contributed by atoms with Crippen molar-refractivity contribution in [2.75, 3.05) is 0 Å². The number of rotatable bonds is 1. The summed E-state index contributed by atoms with van der Waals surface area (Å²) in [4.78, 5) is 4.26. The number of hydrogen-bond donors (Lipinski definition) is 0. The molecule has 0 saturated carbocycles. The number of benzene rings is 1. The van der Waals surface area contributed by atoms with Gasteiger partial charge in [0.15, 0.2) is 0 Å². The third-order valence-electron chi connectivity index (χ3n) is 1.61. The van der Waals surface area contributed by atoms with Crippen LogP contribution in [0.25, 0.3) is 10.6 Å². The Morgan fingerprint density at radius 1 is 1.23 bits per heavy atom. The van der Waals surface area contributed by atoms with E-state index in [2.05, 4.69) is 36.8 Å². The van der Waals surface area contributed by atoms with Crippen LogP contribution < -0.4 is 0 Å². The van der Waals surface area contributed by atoms with E-state index in [1.54, 1.807) is 11.3 Å². The second kappa shape index (κ2) is 3.90. The Balaban J connectivity index is 2.59. The molecule has 1 aromatic heterocycles. The first-order valence-electron chi connectivity index (χ1n) is 3.63. The summed E-state index contributed by atoms with van der Waals surface area (Å²) in [5.74, 6) is 0. The van der Waals surface area contributed by atoms with Crippen LogP contribution >= 0.6 is 43.2 Å². The normalized spacial score (nSPS) is 10.3. The van der Waals surface area contributed by atoms with Crippen LogP contribution in [0.15, 0.2) is 38.7 Å². The van der Waals surface area contributed by atoms with Gasteiger partial charge in [0.25, 0.3) is 0 Å². The lowest BCUT2D eigenvalue weighted by molar-refractivity contribution is 1.40. The van der Waals surface area contributed by atoms with E-state index in [4.69, 9.17) is 0 Å². The topological polar surface area (TPSA) is 12.9 Å². The van der Waals surface area contributed by atoms with Gasteiger partial charge < -0.3 is 0 Å². The number of aromatic nitrogens is 1. The minimum atomic E-state index is 1.04. The molecule has 0 N–H and O–H groups in total. The van der Waals surface area contributed by atoms with Gasteiger partial charge in [-0.2, -0.15) is 0 Å². The lowest BCUT2D eigenvalue weighted by atomic mass is 10.2. The molecule has 0 bridgehead atoms. The highest BCUT2D eigenvalue weighted by atomic mass is 79.9. The molecule has 0 spiro atoms. The molecule has 0 aliphatic rings. The van der Waals surface area contributed by atoms with E-state index >= 15 is 0 Å². The van der Waals surface area contributed by atoms with Crippen LogP contribution in [0.3, 0.4) is 0 Å². The second-order valence-corrected chi connectivity index (χ2v) is 4.98. The summed E-state index contributed by atoms with van der Waals surface area (Å²) in [6, 6.07) is 6.06. The number of thiazole rings is 1. The van der Waals surface area contributed by atoms with Crippen molar-refractivity contribution in [3.8, 4) is 10.6 Å². The largest absolute Gasteiger partial charge is 0.245 e. The van der Waals surface area contributed by atoms with Gasteiger partial charge in [0.05, 0.1) is 0 Å². The summed E-state index contributed by atoms with van der Waals surface area (Å²) in [5.41, 5.74) is 1.13. The van der Waals surface area contributed by atoms with E-state index in [1.165, 1.54) is 0 Å². The monoisotopic (exact) mass is 317 g/mol. The van der Waals surface area contributed by atoms with Crippen LogP contribution in [0.2, 0.25) is 0 Å². The molecule has 0 saturated heterocycles. The van der Waals surface area contributed by atoms with Gasteiger partial charge in [-0.05, 0) is 37.9 Å². The van der Waals surface area contributed by atoms with Gasteiger partial charge in [-0.3, -0.25) is 0 Å². The standard InChI is InChI=1S/C9H5Br2NS/c10-7-3-1-2-6(8(7)11)9-12-4-5-13-9/h1-5H. The van der Waals surface area contributed by atoms with Crippen LogP contribution in [-0.2, 0) is 0 Å². The third kappa shape index (κ3) is 1.85. The zero-order chi connectivity index (χ0) is 9.26. The molecule has 0 atom stereocenters. The fourth-order valence-corrected chi connectivity index (χ4v) is 2.64. The van der Waals surface area contributed by atoms with Crippen LogP contribution in [0.4, 0.5) is 0 Å². The predicted octanol–water partition coefficient (Wildman–Crippen LogP) is 4.34. The van der Waals surface area contributed by atoms with Crippen molar-refractivity contribution in [3.05, 3.63) is 38.7 Å². The molecule has 2 aromatic rings. The van der Waals surface area contributed by atoms with Gasteiger partial charge in [0, 0.05) is 26.1 Å². The minimum Gasteiger partial charge on any atom is -0.245 e. The predicted molar refractivity (Wildman–Crippen MR) is 63.0 cm³/mol. The van der Waals surface area contributed by atoms with E-state index in [0.29, 0.717) is 0 Å². The van der Waals surface area contributed by atoms with Crippen molar-refractivity contribution < 1.29 is 0 Å². The van der Waals surface area contributed by atoms with Crippen LogP contribution in [0.1, 0.15) is 0 Å². The quantitative estimate of drug-likeness (QED) is 0.762. The zero-order valence-electron chi connectivity index (χ0n) is 6.50. The van der Waals surface area contributed by atoms with Crippen molar-refractivity contribution in [2.24, 2.45) is 0 Å². The first-order chi connectivity index (χ1) is 6.29. The van der Waals surface area contributed by atoms with Gasteiger partial charge in [0.2, 0.25) is 0 Å². The lowest BCUT2D eigenvalue weighted by Crippen LogP contribution is -1.78. The smallest absolute Gasteiger partial charge is 0.124 e. The van der Waals surface area contributed by atoms with Gasteiger partial charge in [-0.1, -0.05) is 12.1 Å². The van der Waals surface area contributed by atoms with Gasteiger partial charge >= 0.3 is 0 Å². The average Bonchev–Trinajstić information content (AvgIpc) is 2.62. The molecule has 0 radical (unpaired) electrons. The molecule has 4 heteroatoms.